The lowest BCUT2D eigenvalue weighted by Gasteiger charge is -2.14. The normalized spacial score (nSPS) is 13.3. The van der Waals surface area contributed by atoms with Crippen molar-refractivity contribution < 1.29 is 20.1 Å². The maximum atomic E-state index is 10.2. The Hall–Kier alpha value is -1.92. The van der Waals surface area contributed by atoms with Crippen LogP contribution in [-0.2, 0) is 11.3 Å². The minimum Gasteiger partial charge on any atom is -0.508 e. The Bertz CT molecular complexity index is 723. The van der Waals surface area contributed by atoms with Crippen molar-refractivity contribution in [2.75, 3.05) is 26.3 Å². The highest BCUT2D eigenvalue weighted by Gasteiger charge is 2.10. The number of aromatic hydroxyl groups is 1. The monoisotopic (exact) mass is 429 g/mol. The van der Waals surface area contributed by atoms with Gasteiger partial charge in [-0.2, -0.15) is 0 Å². The van der Waals surface area contributed by atoms with Crippen molar-refractivity contribution in [3.8, 4) is 5.75 Å². The number of ether oxygens (including phenoxy) is 1. The summed E-state index contributed by atoms with van der Waals surface area (Å²) in [5, 5.41) is 32.3. The smallest absolute Gasteiger partial charge is 0.121 e. The van der Waals surface area contributed by atoms with E-state index in [2.05, 4.69) is 42.6 Å². The average Bonchev–Trinajstić information content (AvgIpc) is 2.80. The van der Waals surface area contributed by atoms with E-state index in [1.54, 1.807) is 12.1 Å². The Balaban J connectivity index is 1.41. The molecular formula is C26H39NO4. The molecule has 0 fully saturated rings. The van der Waals surface area contributed by atoms with Gasteiger partial charge in [0.15, 0.2) is 0 Å². The van der Waals surface area contributed by atoms with E-state index in [0.717, 1.165) is 58.3 Å². The van der Waals surface area contributed by atoms with Gasteiger partial charge in [-0.1, -0.05) is 56.2 Å². The number of benzene rings is 2. The predicted molar refractivity (Wildman–Crippen MR) is 125 cm³/mol. The summed E-state index contributed by atoms with van der Waals surface area (Å²) in [5.41, 5.74) is 2.54. The number of hydrogen-bond acceptors (Lipinski definition) is 5. The molecule has 4 N–H and O–H groups in total. The molecule has 2 atom stereocenters. The first-order valence-corrected chi connectivity index (χ1v) is 11.6. The second-order valence-corrected chi connectivity index (χ2v) is 8.25. The lowest BCUT2D eigenvalue weighted by molar-refractivity contribution is 0.125. The van der Waals surface area contributed by atoms with Gasteiger partial charge < -0.3 is 25.4 Å². The number of unbranched alkanes of at least 4 members (excludes halogenated alkanes) is 3. The standard InChI is InChI=1S/C26H39NO4/c1-21(22-11-5-4-6-12-22)10-9-17-31-16-8-3-2-7-15-27-19-26(30)23-13-14-25(29)24(18-23)20-28/h4-6,11-14,18,21,26-30H,2-3,7-10,15-17,19-20H2,1H3. The third kappa shape index (κ3) is 9.83. The molecule has 2 aromatic carbocycles. The van der Waals surface area contributed by atoms with Gasteiger partial charge in [-0.15, -0.1) is 0 Å². The Morgan fingerprint density at radius 2 is 1.65 bits per heavy atom. The highest BCUT2D eigenvalue weighted by molar-refractivity contribution is 5.36. The molecule has 2 unspecified atom stereocenters. The first-order valence-electron chi connectivity index (χ1n) is 11.6. The van der Waals surface area contributed by atoms with Gasteiger partial charge in [0, 0.05) is 25.3 Å². The van der Waals surface area contributed by atoms with Crippen LogP contribution in [0.25, 0.3) is 0 Å². The molecule has 0 aromatic heterocycles. The van der Waals surface area contributed by atoms with Crippen molar-refractivity contribution in [3.63, 3.8) is 0 Å². The second kappa shape index (κ2) is 15.0. The number of nitrogens with one attached hydrogen (secondary N) is 1. The number of aliphatic hydroxyl groups excluding tert-OH is 2. The summed E-state index contributed by atoms with van der Waals surface area (Å²) in [4.78, 5) is 0. The zero-order chi connectivity index (χ0) is 22.3. The molecule has 0 spiro atoms. The molecule has 0 saturated carbocycles. The Morgan fingerprint density at radius 3 is 2.42 bits per heavy atom. The third-order valence-corrected chi connectivity index (χ3v) is 5.68. The summed E-state index contributed by atoms with van der Waals surface area (Å²) in [6.45, 7) is 5.03. The van der Waals surface area contributed by atoms with Gasteiger partial charge in [-0.25, -0.2) is 0 Å². The molecule has 5 nitrogen and oxygen atoms in total. The van der Waals surface area contributed by atoms with Crippen LogP contribution >= 0.6 is 0 Å². The molecule has 0 amide bonds. The van der Waals surface area contributed by atoms with Crippen LogP contribution in [0.3, 0.4) is 0 Å². The molecule has 2 aromatic rings. The molecule has 0 aliphatic rings. The molecule has 31 heavy (non-hydrogen) atoms. The SMILES string of the molecule is CC(CCCOCCCCCCNCC(O)c1ccc(O)c(CO)c1)c1ccccc1. The Morgan fingerprint density at radius 1 is 0.903 bits per heavy atom. The first-order chi connectivity index (χ1) is 15.1. The van der Waals surface area contributed by atoms with Crippen LogP contribution in [0.1, 0.15) is 74.2 Å². The number of aliphatic hydroxyl groups is 2. The van der Waals surface area contributed by atoms with Crippen molar-refractivity contribution in [1.29, 1.82) is 0 Å². The average molecular weight is 430 g/mol. The number of hydrogen-bond donors (Lipinski definition) is 4. The number of rotatable bonds is 16. The zero-order valence-corrected chi connectivity index (χ0v) is 18.8. The van der Waals surface area contributed by atoms with Crippen molar-refractivity contribution in [2.24, 2.45) is 0 Å². The highest BCUT2D eigenvalue weighted by Crippen LogP contribution is 2.22. The van der Waals surface area contributed by atoms with Crippen LogP contribution in [0.4, 0.5) is 0 Å². The van der Waals surface area contributed by atoms with Gasteiger partial charge in [0.2, 0.25) is 0 Å². The second-order valence-electron chi connectivity index (χ2n) is 8.25. The predicted octanol–water partition coefficient (Wildman–Crippen LogP) is 4.67. The van der Waals surface area contributed by atoms with E-state index in [0.29, 0.717) is 23.6 Å². The largest absolute Gasteiger partial charge is 0.508 e. The molecule has 0 aliphatic heterocycles. The summed E-state index contributed by atoms with van der Waals surface area (Å²) in [7, 11) is 0. The summed E-state index contributed by atoms with van der Waals surface area (Å²) < 4.78 is 5.77. The highest BCUT2D eigenvalue weighted by atomic mass is 16.5. The molecule has 0 saturated heterocycles. The van der Waals surface area contributed by atoms with Gasteiger partial charge >= 0.3 is 0 Å². The van der Waals surface area contributed by atoms with Crippen LogP contribution in [0.15, 0.2) is 48.5 Å². The van der Waals surface area contributed by atoms with Gasteiger partial charge in [0.1, 0.15) is 5.75 Å². The topological polar surface area (TPSA) is 82.0 Å². The quantitative estimate of drug-likeness (QED) is 0.292. The van der Waals surface area contributed by atoms with Crippen molar-refractivity contribution >= 4 is 0 Å². The maximum Gasteiger partial charge on any atom is 0.121 e. The molecule has 0 heterocycles. The van der Waals surface area contributed by atoms with E-state index < -0.39 is 6.10 Å². The van der Waals surface area contributed by atoms with Crippen LogP contribution in [-0.4, -0.2) is 41.6 Å². The van der Waals surface area contributed by atoms with Gasteiger partial charge in [0.25, 0.3) is 0 Å². The van der Waals surface area contributed by atoms with Gasteiger partial charge in [0.05, 0.1) is 12.7 Å². The van der Waals surface area contributed by atoms with E-state index in [-0.39, 0.29) is 12.4 Å². The summed E-state index contributed by atoms with van der Waals surface area (Å²) >= 11 is 0. The fourth-order valence-electron chi connectivity index (χ4n) is 3.65. The Labute approximate surface area is 187 Å². The minimum absolute atomic E-state index is 0.0529. The van der Waals surface area contributed by atoms with E-state index in [9.17, 15) is 15.3 Å². The molecule has 0 aliphatic carbocycles. The van der Waals surface area contributed by atoms with E-state index in [1.807, 2.05) is 0 Å². The third-order valence-electron chi connectivity index (χ3n) is 5.68. The van der Waals surface area contributed by atoms with Crippen LogP contribution < -0.4 is 5.32 Å². The summed E-state index contributed by atoms with van der Waals surface area (Å²) in [5.74, 6) is 0.638. The van der Waals surface area contributed by atoms with Crippen LogP contribution in [0.2, 0.25) is 0 Å². The van der Waals surface area contributed by atoms with E-state index >= 15 is 0 Å². The number of phenols is 1. The van der Waals surface area contributed by atoms with Crippen LogP contribution in [0.5, 0.6) is 5.75 Å². The molecule has 2 rings (SSSR count). The summed E-state index contributed by atoms with van der Waals surface area (Å²) in [6.07, 6.45) is 6.07. The molecule has 172 valence electrons. The fourth-order valence-corrected chi connectivity index (χ4v) is 3.65. The van der Waals surface area contributed by atoms with Gasteiger partial charge in [-0.05, 0) is 61.4 Å². The molecular weight excluding hydrogens is 390 g/mol. The lowest BCUT2D eigenvalue weighted by Crippen LogP contribution is -2.22. The molecule has 0 radical (unpaired) electrons. The Kier molecular flexibility index (Phi) is 12.2. The lowest BCUT2D eigenvalue weighted by atomic mass is 9.97. The molecule has 5 heteroatoms. The van der Waals surface area contributed by atoms with E-state index in [4.69, 9.17) is 4.74 Å². The fraction of sp³-hybridized carbons (Fsp3) is 0.538. The van der Waals surface area contributed by atoms with Gasteiger partial charge in [-0.3, -0.25) is 0 Å². The van der Waals surface area contributed by atoms with Crippen molar-refractivity contribution in [3.05, 3.63) is 65.2 Å². The summed E-state index contributed by atoms with van der Waals surface area (Å²) in [6, 6.07) is 15.5. The van der Waals surface area contributed by atoms with E-state index in [1.165, 1.54) is 11.6 Å². The molecule has 0 bridgehead atoms. The zero-order valence-electron chi connectivity index (χ0n) is 18.8. The van der Waals surface area contributed by atoms with Crippen molar-refractivity contribution in [1.82, 2.24) is 5.32 Å². The minimum atomic E-state index is -0.649. The van der Waals surface area contributed by atoms with Crippen LogP contribution in [0, 0.1) is 0 Å². The first kappa shape index (κ1) is 25.3. The van der Waals surface area contributed by atoms with Crippen molar-refractivity contribution in [2.45, 2.75) is 64.1 Å². The maximum absolute atomic E-state index is 10.2.